The normalized spacial score (nSPS) is 29.0. The van der Waals surface area contributed by atoms with Gasteiger partial charge in [0, 0.05) is 10.7 Å². The Morgan fingerprint density at radius 2 is 1.85 bits per heavy atom. The Labute approximate surface area is 159 Å². The van der Waals surface area contributed by atoms with Gasteiger partial charge < -0.3 is 15.4 Å². The van der Waals surface area contributed by atoms with Gasteiger partial charge in [0.05, 0.1) is 11.6 Å². The Bertz CT molecular complexity index is 729. The van der Waals surface area contributed by atoms with E-state index in [0.717, 1.165) is 24.8 Å². The molecule has 2 aliphatic rings. The fourth-order valence-electron chi connectivity index (χ4n) is 3.69. The van der Waals surface area contributed by atoms with Crippen LogP contribution in [0, 0.1) is 11.8 Å². The lowest BCUT2D eigenvalue weighted by atomic mass is 9.80. The van der Waals surface area contributed by atoms with Gasteiger partial charge in [0.1, 0.15) is 6.10 Å². The van der Waals surface area contributed by atoms with Crippen molar-refractivity contribution in [2.45, 2.75) is 52.2 Å². The van der Waals surface area contributed by atoms with Crippen molar-refractivity contribution in [3.05, 3.63) is 46.1 Å². The first-order chi connectivity index (χ1) is 12.3. The van der Waals surface area contributed by atoms with E-state index in [4.69, 9.17) is 16.3 Å². The van der Waals surface area contributed by atoms with Crippen LogP contribution in [0.4, 0.5) is 4.79 Å². The maximum Gasteiger partial charge on any atom is 0.338 e. The molecule has 3 rings (SSSR count). The highest BCUT2D eigenvalue weighted by atomic mass is 35.5. The number of allylic oxidation sites excluding steroid dienone is 1. The number of nitrogens with one attached hydrogen (secondary N) is 2. The van der Waals surface area contributed by atoms with E-state index < -0.39 is 6.04 Å². The quantitative estimate of drug-likeness (QED) is 0.771. The van der Waals surface area contributed by atoms with Gasteiger partial charge in [0.2, 0.25) is 0 Å². The topological polar surface area (TPSA) is 67.4 Å². The molecule has 6 heteroatoms. The van der Waals surface area contributed by atoms with Crippen molar-refractivity contribution in [1.29, 1.82) is 0 Å². The van der Waals surface area contributed by atoms with E-state index in [1.807, 2.05) is 12.1 Å². The van der Waals surface area contributed by atoms with E-state index in [2.05, 4.69) is 24.5 Å². The highest BCUT2D eigenvalue weighted by molar-refractivity contribution is 6.30. The van der Waals surface area contributed by atoms with Crippen molar-refractivity contribution < 1.29 is 14.3 Å². The van der Waals surface area contributed by atoms with Crippen LogP contribution in [-0.2, 0) is 9.53 Å². The van der Waals surface area contributed by atoms with Gasteiger partial charge in [-0.25, -0.2) is 9.59 Å². The molecule has 2 N–H and O–H groups in total. The number of hydrogen-bond acceptors (Lipinski definition) is 3. The number of rotatable bonds is 3. The molecule has 1 heterocycles. The van der Waals surface area contributed by atoms with Crippen LogP contribution >= 0.6 is 11.6 Å². The minimum absolute atomic E-state index is 0.0718. The molecule has 0 radical (unpaired) electrons. The molecular weight excluding hydrogens is 352 g/mol. The third-order valence-corrected chi connectivity index (χ3v) is 5.77. The smallest absolute Gasteiger partial charge is 0.338 e. The van der Waals surface area contributed by atoms with Gasteiger partial charge in [-0.2, -0.15) is 0 Å². The molecular formula is C20H25ClN2O3. The van der Waals surface area contributed by atoms with Gasteiger partial charge >= 0.3 is 12.0 Å². The molecule has 4 atom stereocenters. The summed E-state index contributed by atoms with van der Waals surface area (Å²) < 4.78 is 5.82. The molecule has 26 heavy (non-hydrogen) atoms. The number of carbonyl (C=O) groups is 2. The Morgan fingerprint density at radius 3 is 2.50 bits per heavy atom. The predicted molar refractivity (Wildman–Crippen MR) is 101 cm³/mol. The van der Waals surface area contributed by atoms with Crippen LogP contribution < -0.4 is 10.6 Å². The van der Waals surface area contributed by atoms with Crippen LogP contribution in [0.3, 0.4) is 0 Å². The van der Waals surface area contributed by atoms with Crippen LogP contribution in [0.25, 0.3) is 0 Å². The zero-order valence-electron chi connectivity index (χ0n) is 15.3. The van der Waals surface area contributed by atoms with Crippen molar-refractivity contribution in [3.63, 3.8) is 0 Å². The number of benzene rings is 1. The van der Waals surface area contributed by atoms with Crippen molar-refractivity contribution >= 4 is 23.6 Å². The number of urea groups is 1. The Morgan fingerprint density at radius 1 is 1.15 bits per heavy atom. The second-order valence-electron chi connectivity index (χ2n) is 7.42. The van der Waals surface area contributed by atoms with Crippen molar-refractivity contribution in [1.82, 2.24) is 10.6 Å². The molecule has 1 aromatic carbocycles. The molecule has 1 aromatic rings. The lowest BCUT2D eigenvalue weighted by molar-refractivity contribution is -0.147. The lowest BCUT2D eigenvalue weighted by Gasteiger charge is -2.33. The number of ether oxygens (including phenoxy) is 1. The van der Waals surface area contributed by atoms with Crippen LogP contribution in [0.5, 0.6) is 0 Å². The Balaban J connectivity index is 1.82. The molecule has 2 amide bonds. The summed E-state index contributed by atoms with van der Waals surface area (Å²) >= 11 is 5.96. The molecule has 0 bridgehead atoms. The highest BCUT2D eigenvalue weighted by Crippen LogP contribution is 2.33. The van der Waals surface area contributed by atoms with E-state index in [0.29, 0.717) is 28.1 Å². The van der Waals surface area contributed by atoms with Gasteiger partial charge in [-0.15, -0.1) is 0 Å². The zero-order chi connectivity index (χ0) is 18.8. The summed E-state index contributed by atoms with van der Waals surface area (Å²) in [4.78, 5) is 24.9. The van der Waals surface area contributed by atoms with Crippen LogP contribution in [0.15, 0.2) is 35.5 Å². The molecule has 1 aliphatic heterocycles. The predicted octanol–water partition coefficient (Wildman–Crippen LogP) is 4.34. The standard InChI is InChI=1S/C20H25ClN2O3/c1-11-4-9-16(10-12(11)2)26-19(24)17-13(3)22-20(25)23-18(17)14-5-7-15(21)8-6-14/h5-8,11-12,16,18H,4,9-10H2,1-3H3,(H2,22,23,25). The molecule has 1 fully saturated rings. The molecule has 1 saturated carbocycles. The molecule has 140 valence electrons. The summed E-state index contributed by atoms with van der Waals surface area (Å²) in [5, 5.41) is 6.09. The average Bonchev–Trinajstić information content (AvgIpc) is 2.58. The van der Waals surface area contributed by atoms with Gasteiger partial charge in [-0.05, 0) is 55.7 Å². The largest absolute Gasteiger partial charge is 0.459 e. The summed E-state index contributed by atoms with van der Waals surface area (Å²) in [5.41, 5.74) is 1.76. The lowest BCUT2D eigenvalue weighted by Crippen LogP contribution is -2.45. The van der Waals surface area contributed by atoms with Gasteiger partial charge in [0.25, 0.3) is 0 Å². The number of halogens is 1. The second kappa shape index (κ2) is 7.70. The van der Waals surface area contributed by atoms with E-state index >= 15 is 0 Å². The van der Waals surface area contributed by atoms with E-state index in [9.17, 15) is 9.59 Å². The maximum atomic E-state index is 12.9. The summed E-state index contributed by atoms with van der Waals surface area (Å²) in [7, 11) is 0. The van der Waals surface area contributed by atoms with E-state index in [-0.39, 0.29) is 18.1 Å². The molecule has 4 unspecified atom stereocenters. The van der Waals surface area contributed by atoms with Gasteiger partial charge in [0.15, 0.2) is 0 Å². The monoisotopic (exact) mass is 376 g/mol. The Hall–Kier alpha value is -2.01. The molecule has 0 spiro atoms. The third-order valence-electron chi connectivity index (χ3n) is 5.52. The first kappa shape index (κ1) is 18.8. The van der Waals surface area contributed by atoms with Crippen molar-refractivity contribution in [2.75, 3.05) is 0 Å². The first-order valence-electron chi connectivity index (χ1n) is 9.10. The minimum Gasteiger partial charge on any atom is -0.459 e. The van der Waals surface area contributed by atoms with Crippen molar-refractivity contribution in [2.24, 2.45) is 11.8 Å². The minimum atomic E-state index is -0.548. The number of esters is 1. The van der Waals surface area contributed by atoms with E-state index in [1.54, 1.807) is 19.1 Å². The van der Waals surface area contributed by atoms with Crippen LogP contribution in [0.2, 0.25) is 5.02 Å². The SMILES string of the molecule is CC1=C(C(=O)OC2CCC(C)C(C)C2)C(c2ccc(Cl)cc2)NC(=O)N1. The molecule has 5 nitrogen and oxygen atoms in total. The fourth-order valence-corrected chi connectivity index (χ4v) is 3.82. The van der Waals surface area contributed by atoms with Crippen LogP contribution in [0.1, 0.15) is 51.6 Å². The maximum absolute atomic E-state index is 12.9. The summed E-state index contributed by atoms with van der Waals surface area (Å²) in [6.45, 7) is 6.17. The zero-order valence-corrected chi connectivity index (χ0v) is 16.1. The Kier molecular flexibility index (Phi) is 5.56. The van der Waals surface area contributed by atoms with Gasteiger partial charge in [-0.1, -0.05) is 37.6 Å². The highest BCUT2D eigenvalue weighted by Gasteiger charge is 2.34. The van der Waals surface area contributed by atoms with E-state index in [1.165, 1.54) is 0 Å². The number of carbonyl (C=O) groups excluding carboxylic acids is 2. The summed E-state index contributed by atoms with van der Waals surface area (Å²) in [6.07, 6.45) is 2.75. The van der Waals surface area contributed by atoms with Crippen LogP contribution in [-0.4, -0.2) is 18.1 Å². The number of hydrogen-bond donors (Lipinski definition) is 2. The molecule has 0 aromatic heterocycles. The van der Waals surface area contributed by atoms with Crippen molar-refractivity contribution in [3.8, 4) is 0 Å². The summed E-state index contributed by atoms with van der Waals surface area (Å²) in [5.74, 6) is 0.818. The molecule has 1 aliphatic carbocycles. The van der Waals surface area contributed by atoms with Gasteiger partial charge in [-0.3, -0.25) is 0 Å². The average molecular weight is 377 g/mol. The third kappa shape index (κ3) is 4.04. The summed E-state index contributed by atoms with van der Waals surface area (Å²) in [6, 6.07) is 6.22. The fraction of sp³-hybridized carbons (Fsp3) is 0.500. The first-order valence-corrected chi connectivity index (χ1v) is 9.47. The second-order valence-corrected chi connectivity index (χ2v) is 7.85. The molecule has 0 saturated heterocycles. The number of amides is 2.